The van der Waals surface area contributed by atoms with Crippen molar-refractivity contribution < 1.29 is 13.9 Å². The molecule has 144 valence electrons. The minimum atomic E-state index is -0.313. The highest BCUT2D eigenvalue weighted by Crippen LogP contribution is 2.22. The molecule has 1 fully saturated rings. The molecule has 1 aromatic carbocycles. The molecule has 1 aliphatic heterocycles. The minimum absolute atomic E-state index is 0.0367. The molecule has 2 aromatic heterocycles. The number of carbonyl (C=O) groups is 1. The van der Waals surface area contributed by atoms with Gasteiger partial charge >= 0.3 is 0 Å². The van der Waals surface area contributed by atoms with Gasteiger partial charge in [-0.2, -0.15) is 0 Å². The maximum absolute atomic E-state index is 13.2. The Morgan fingerprint density at radius 2 is 1.96 bits per heavy atom. The van der Waals surface area contributed by atoms with Gasteiger partial charge in [-0.25, -0.2) is 9.07 Å². The van der Waals surface area contributed by atoms with Gasteiger partial charge in [-0.15, -0.1) is 15.3 Å². The van der Waals surface area contributed by atoms with Crippen molar-refractivity contribution in [1.82, 2.24) is 30.5 Å². The summed E-state index contributed by atoms with van der Waals surface area (Å²) in [6, 6.07) is 9.51. The van der Waals surface area contributed by atoms with Gasteiger partial charge in [0.15, 0.2) is 5.82 Å². The van der Waals surface area contributed by atoms with Crippen LogP contribution in [-0.2, 0) is 18.4 Å². The zero-order valence-corrected chi connectivity index (χ0v) is 15.2. The highest BCUT2D eigenvalue weighted by atomic mass is 19.1. The predicted octanol–water partition coefficient (Wildman–Crippen LogP) is 0.926. The molecular weight excluding hydrogens is 365 g/mol. The second-order valence-corrected chi connectivity index (χ2v) is 6.31. The predicted molar refractivity (Wildman–Crippen MR) is 98.0 cm³/mol. The normalized spacial score (nSPS) is 14.1. The van der Waals surface area contributed by atoms with E-state index in [4.69, 9.17) is 4.74 Å². The number of benzene rings is 1. The van der Waals surface area contributed by atoms with Crippen molar-refractivity contribution in [3.05, 3.63) is 47.9 Å². The van der Waals surface area contributed by atoms with E-state index < -0.39 is 0 Å². The fraction of sp³-hybridized carbons (Fsp3) is 0.278. The average molecular weight is 383 g/mol. The van der Waals surface area contributed by atoms with E-state index in [1.807, 2.05) is 4.90 Å². The van der Waals surface area contributed by atoms with Crippen molar-refractivity contribution in [1.29, 1.82) is 0 Å². The van der Waals surface area contributed by atoms with Gasteiger partial charge in [0.1, 0.15) is 23.8 Å². The standard InChI is InChI=1S/C18H18FN7O2/c1-25-14(18(23-24-25)12-2-4-13(19)5-3-12)11-28-17-7-6-15(21-22-17)26-9-8-20-16(27)10-26/h2-7H,8-11H2,1H3,(H,20,27). The first-order valence-corrected chi connectivity index (χ1v) is 8.73. The Bertz CT molecular complexity index is 973. The van der Waals surface area contributed by atoms with Gasteiger partial charge in [-0.3, -0.25) is 4.79 Å². The third kappa shape index (κ3) is 3.75. The molecule has 3 heterocycles. The molecule has 0 bridgehead atoms. The Labute approximate surface area is 160 Å². The Kier molecular flexibility index (Phi) is 4.83. The number of aryl methyl sites for hydroxylation is 1. The second kappa shape index (κ2) is 7.59. The first-order chi connectivity index (χ1) is 13.6. The summed E-state index contributed by atoms with van der Waals surface area (Å²) >= 11 is 0. The minimum Gasteiger partial charge on any atom is -0.470 e. The largest absolute Gasteiger partial charge is 0.470 e. The number of amides is 1. The van der Waals surface area contributed by atoms with Gasteiger partial charge in [0.25, 0.3) is 0 Å². The Morgan fingerprint density at radius 1 is 1.14 bits per heavy atom. The molecule has 4 rings (SSSR count). The number of nitrogens with one attached hydrogen (secondary N) is 1. The van der Waals surface area contributed by atoms with E-state index in [-0.39, 0.29) is 24.9 Å². The van der Waals surface area contributed by atoms with Crippen molar-refractivity contribution in [2.45, 2.75) is 6.61 Å². The molecule has 1 saturated heterocycles. The molecule has 1 N–H and O–H groups in total. The van der Waals surface area contributed by atoms with E-state index >= 15 is 0 Å². The van der Waals surface area contributed by atoms with Crippen molar-refractivity contribution in [3.8, 4) is 17.1 Å². The van der Waals surface area contributed by atoms with Crippen molar-refractivity contribution in [2.75, 3.05) is 24.5 Å². The lowest BCUT2D eigenvalue weighted by molar-refractivity contribution is -0.120. The number of hydrogen-bond donors (Lipinski definition) is 1. The highest BCUT2D eigenvalue weighted by Gasteiger charge is 2.18. The molecule has 10 heteroatoms. The lowest BCUT2D eigenvalue weighted by Crippen LogP contribution is -2.48. The van der Waals surface area contributed by atoms with Crippen molar-refractivity contribution in [2.24, 2.45) is 7.05 Å². The van der Waals surface area contributed by atoms with Crippen LogP contribution in [0.5, 0.6) is 5.88 Å². The van der Waals surface area contributed by atoms with Crippen LogP contribution in [0.25, 0.3) is 11.3 Å². The van der Waals surface area contributed by atoms with Crippen LogP contribution in [0.2, 0.25) is 0 Å². The van der Waals surface area contributed by atoms with Crippen LogP contribution in [0, 0.1) is 5.82 Å². The summed E-state index contributed by atoms with van der Waals surface area (Å²) in [4.78, 5) is 13.3. The maximum Gasteiger partial charge on any atom is 0.239 e. The van der Waals surface area contributed by atoms with Crippen LogP contribution in [0.1, 0.15) is 5.69 Å². The molecule has 0 radical (unpaired) electrons. The number of ether oxygens (including phenoxy) is 1. The number of halogens is 1. The molecule has 0 saturated carbocycles. The Hall–Kier alpha value is -3.56. The number of anilines is 1. The molecule has 0 spiro atoms. The first kappa shape index (κ1) is 17.8. The van der Waals surface area contributed by atoms with Crippen molar-refractivity contribution in [3.63, 3.8) is 0 Å². The van der Waals surface area contributed by atoms with Gasteiger partial charge in [-0.05, 0) is 30.3 Å². The summed E-state index contributed by atoms with van der Waals surface area (Å²) in [5.74, 6) is 0.616. The zero-order chi connectivity index (χ0) is 19.5. The van der Waals surface area contributed by atoms with Crippen LogP contribution >= 0.6 is 0 Å². The van der Waals surface area contributed by atoms with Gasteiger partial charge in [-0.1, -0.05) is 5.21 Å². The summed E-state index contributed by atoms with van der Waals surface area (Å²) in [6.07, 6.45) is 0. The highest BCUT2D eigenvalue weighted by molar-refractivity contribution is 5.82. The second-order valence-electron chi connectivity index (χ2n) is 6.31. The van der Waals surface area contributed by atoms with E-state index in [1.54, 1.807) is 36.0 Å². The lowest BCUT2D eigenvalue weighted by Gasteiger charge is -2.26. The number of carbonyl (C=O) groups excluding carboxylic acids is 1. The maximum atomic E-state index is 13.2. The van der Waals surface area contributed by atoms with Gasteiger partial charge < -0.3 is 15.0 Å². The van der Waals surface area contributed by atoms with Crippen LogP contribution in [-0.4, -0.2) is 50.7 Å². The van der Waals surface area contributed by atoms with Gasteiger partial charge in [0.2, 0.25) is 11.8 Å². The SMILES string of the molecule is Cn1nnc(-c2ccc(F)cc2)c1COc1ccc(N2CCNC(=O)C2)nn1. The van der Waals surface area contributed by atoms with E-state index in [1.165, 1.54) is 12.1 Å². The summed E-state index contributed by atoms with van der Waals surface area (Å²) < 4.78 is 20.5. The molecule has 0 aliphatic carbocycles. The fourth-order valence-electron chi connectivity index (χ4n) is 2.91. The van der Waals surface area contributed by atoms with E-state index in [0.717, 1.165) is 11.3 Å². The van der Waals surface area contributed by atoms with Crippen LogP contribution < -0.4 is 15.0 Å². The molecule has 9 nitrogen and oxygen atoms in total. The van der Waals surface area contributed by atoms with E-state index in [2.05, 4.69) is 25.8 Å². The van der Waals surface area contributed by atoms with Gasteiger partial charge in [0.05, 0.1) is 6.54 Å². The fourth-order valence-corrected chi connectivity index (χ4v) is 2.91. The molecule has 1 amide bonds. The third-order valence-corrected chi connectivity index (χ3v) is 4.41. The number of aromatic nitrogens is 5. The van der Waals surface area contributed by atoms with Crippen molar-refractivity contribution >= 4 is 11.7 Å². The summed E-state index contributed by atoms with van der Waals surface area (Å²) in [5.41, 5.74) is 2.09. The van der Waals surface area contributed by atoms with Crippen LogP contribution in [0.3, 0.4) is 0 Å². The quantitative estimate of drug-likeness (QED) is 0.700. The van der Waals surface area contributed by atoms with Crippen LogP contribution in [0.4, 0.5) is 10.2 Å². The van der Waals surface area contributed by atoms with Crippen LogP contribution in [0.15, 0.2) is 36.4 Å². The van der Waals surface area contributed by atoms with E-state index in [9.17, 15) is 9.18 Å². The third-order valence-electron chi connectivity index (χ3n) is 4.41. The monoisotopic (exact) mass is 383 g/mol. The number of piperazine rings is 1. The summed E-state index contributed by atoms with van der Waals surface area (Å²) in [6.45, 7) is 1.70. The number of rotatable bonds is 5. The smallest absolute Gasteiger partial charge is 0.239 e. The van der Waals surface area contributed by atoms with Gasteiger partial charge in [0, 0.05) is 31.8 Å². The zero-order valence-electron chi connectivity index (χ0n) is 15.2. The summed E-state index contributed by atoms with van der Waals surface area (Å²) in [5, 5.41) is 19.1. The Balaban J connectivity index is 1.45. The summed E-state index contributed by atoms with van der Waals surface area (Å²) in [7, 11) is 1.76. The first-order valence-electron chi connectivity index (χ1n) is 8.73. The topological polar surface area (TPSA) is 98.1 Å². The lowest BCUT2D eigenvalue weighted by atomic mass is 10.1. The molecule has 0 atom stereocenters. The molecular formula is C18H18FN7O2. The Morgan fingerprint density at radius 3 is 2.68 bits per heavy atom. The molecule has 0 unspecified atom stereocenters. The number of hydrogen-bond acceptors (Lipinski definition) is 7. The number of nitrogens with zero attached hydrogens (tertiary/aromatic N) is 6. The average Bonchev–Trinajstić information content (AvgIpc) is 3.08. The molecule has 3 aromatic rings. The molecule has 1 aliphatic rings. The molecule has 28 heavy (non-hydrogen) atoms. The van der Waals surface area contributed by atoms with E-state index in [0.29, 0.717) is 30.5 Å².